The summed E-state index contributed by atoms with van der Waals surface area (Å²) in [5.41, 5.74) is 0.851. The molecule has 1 saturated heterocycles. The van der Waals surface area contributed by atoms with Gasteiger partial charge < -0.3 is 14.4 Å². The Morgan fingerprint density at radius 1 is 1.29 bits per heavy atom. The first-order valence-electron chi connectivity index (χ1n) is 6.77. The molecule has 1 aliphatic rings. The molecule has 1 fully saturated rings. The van der Waals surface area contributed by atoms with E-state index in [4.69, 9.17) is 4.74 Å². The Morgan fingerprint density at radius 3 is 2.67 bits per heavy atom. The Hall–Kier alpha value is -2.11. The summed E-state index contributed by atoms with van der Waals surface area (Å²) in [6.45, 7) is 0.192. The van der Waals surface area contributed by atoms with Gasteiger partial charge in [-0.05, 0) is 12.0 Å². The number of halogens is 1. The number of alkyl halides is 1. The lowest BCUT2D eigenvalue weighted by atomic mass is 9.97. The SMILES string of the molecule is COC(=O)[C@H]1C[C@H](F)CN(C(=O)OCc2ccccc2)C1. The molecule has 6 heteroatoms. The van der Waals surface area contributed by atoms with Crippen molar-refractivity contribution in [3.63, 3.8) is 0 Å². The van der Waals surface area contributed by atoms with Gasteiger partial charge in [0, 0.05) is 6.54 Å². The van der Waals surface area contributed by atoms with E-state index in [1.54, 1.807) is 0 Å². The average Bonchev–Trinajstić information content (AvgIpc) is 2.52. The molecule has 0 spiro atoms. The van der Waals surface area contributed by atoms with Crippen molar-refractivity contribution >= 4 is 12.1 Å². The molecule has 1 aromatic carbocycles. The molecule has 0 radical (unpaired) electrons. The predicted octanol–water partition coefficient (Wildman–Crippen LogP) is 2.16. The van der Waals surface area contributed by atoms with Gasteiger partial charge in [-0.2, -0.15) is 0 Å². The third-order valence-electron chi connectivity index (χ3n) is 3.40. The number of nitrogens with zero attached hydrogens (tertiary/aromatic N) is 1. The zero-order chi connectivity index (χ0) is 15.2. The number of likely N-dealkylation sites (tertiary alicyclic amines) is 1. The van der Waals surface area contributed by atoms with Crippen LogP contribution in [0.4, 0.5) is 9.18 Å². The molecule has 1 heterocycles. The van der Waals surface area contributed by atoms with Crippen molar-refractivity contribution in [1.82, 2.24) is 4.90 Å². The van der Waals surface area contributed by atoms with Gasteiger partial charge in [0.15, 0.2) is 0 Å². The average molecular weight is 295 g/mol. The normalized spacial score (nSPS) is 21.7. The number of hydrogen-bond acceptors (Lipinski definition) is 4. The van der Waals surface area contributed by atoms with E-state index in [2.05, 4.69) is 4.74 Å². The number of amides is 1. The van der Waals surface area contributed by atoms with E-state index in [1.807, 2.05) is 30.3 Å². The van der Waals surface area contributed by atoms with Crippen LogP contribution in [0.25, 0.3) is 0 Å². The summed E-state index contributed by atoms with van der Waals surface area (Å²) in [7, 11) is 1.25. The third kappa shape index (κ3) is 4.18. The molecule has 2 atom stereocenters. The van der Waals surface area contributed by atoms with Gasteiger partial charge in [-0.25, -0.2) is 9.18 Å². The van der Waals surface area contributed by atoms with Crippen molar-refractivity contribution in [2.24, 2.45) is 5.92 Å². The van der Waals surface area contributed by atoms with Crippen molar-refractivity contribution in [3.8, 4) is 0 Å². The number of benzene rings is 1. The van der Waals surface area contributed by atoms with Gasteiger partial charge in [0.1, 0.15) is 12.8 Å². The minimum absolute atomic E-state index is 0.0544. The molecule has 0 N–H and O–H groups in total. The van der Waals surface area contributed by atoms with Crippen molar-refractivity contribution in [3.05, 3.63) is 35.9 Å². The van der Waals surface area contributed by atoms with Gasteiger partial charge in [0.2, 0.25) is 0 Å². The summed E-state index contributed by atoms with van der Waals surface area (Å²) in [5.74, 6) is -1.14. The van der Waals surface area contributed by atoms with Crippen LogP contribution in [0.2, 0.25) is 0 Å². The van der Waals surface area contributed by atoms with E-state index in [0.29, 0.717) is 0 Å². The lowest BCUT2D eigenvalue weighted by Crippen LogP contribution is -2.47. The minimum Gasteiger partial charge on any atom is -0.469 e. The standard InChI is InChI=1S/C15H18FNO4/c1-20-14(18)12-7-13(16)9-17(8-12)15(19)21-10-11-5-3-2-4-6-11/h2-6,12-13H,7-10H2,1H3/t12-,13-/m0/s1. The summed E-state index contributed by atoms with van der Waals surface area (Å²) in [5, 5.41) is 0. The van der Waals surface area contributed by atoms with Crippen molar-refractivity contribution < 1.29 is 23.5 Å². The molecule has 2 rings (SSSR count). The molecule has 0 saturated carbocycles. The fourth-order valence-electron chi connectivity index (χ4n) is 2.33. The van der Waals surface area contributed by atoms with E-state index in [0.717, 1.165) is 5.56 Å². The third-order valence-corrected chi connectivity index (χ3v) is 3.40. The lowest BCUT2D eigenvalue weighted by Gasteiger charge is -2.32. The molecule has 114 valence electrons. The highest BCUT2D eigenvalue weighted by Gasteiger charge is 2.35. The van der Waals surface area contributed by atoms with Gasteiger partial charge in [-0.1, -0.05) is 30.3 Å². The second-order valence-electron chi connectivity index (χ2n) is 5.00. The van der Waals surface area contributed by atoms with Crippen LogP contribution in [0.1, 0.15) is 12.0 Å². The molecule has 1 aromatic rings. The number of methoxy groups -OCH3 is 1. The summed E-state index contributed by atoms with van der Waals surface area (Å²) in [6.07, 6.45) is -1.78. The molecule has 21 heavy (non-hydrogen) atoms. The zero-order valence-electron chi connectivity index (χ0n) is 11.8. The van der Waals surface area contributed by atoms with Gasteiger partial charge in [-0.15, -0.1) is 0 Å². The van der Waals surface area contributed by atoms with Gasteiger partial charge >= 0.3 is 12.1 Å². The van der Waals surface area contributed by atoms with E-state index in [1.165, 1.54) is 12.0 Å². The number of carbonyl (C=O) groups is 2. The first-order chi connectivity index (χ1) is 10.1. The largest absolute Gasteiger partial charge is 0.469 e. The number of ether oxygens (including phenoxy) is 2. The fraction of sp³-hybridized carbons (Fsp3) is 0.467. The van der Waals surface area contributed by atoms with Crippen LogP contribution in [0.3, 0.4) is 0 Å². The van der Waals surface area contributed by atoms with E-state index >= 15 is 0 Å². The van der Waals surface area contributed by atoms with Crippen LogP contribution in [-0.4, -0.2) is 43.3 Å². The molecular formula is C15H18FNO4. The molecule has 0 aromatic heterocycles. The lowest BCUT2D eigenvalue weighted by molar-refractivity contribution is -0.148. The number of piperidine rings is 1. The van der Waals surface area contributed by atoms with Gasteiger partial charge in [-0.3, -0.25) is 4.79 Å². The summed E-state index contributed by atoms with van der Waals surface area (Å²) in [6, 6.07) is 9.21. The topological polar surface area (TPSA) is 55.8 Å². The van der Waals surface area contributed by atoms with Crippen molar-refractivity contribution in [1.29, 1.82) is 0 Å². The van der Waals surface area contributed by atoms with Crippen LogP contribution in [0.15, 0.2) is 30.3 Å². The minimum atomic E-state index is -1.24. The number of rotatable bonds is 3. The Balaban J connectivity index is 1.90. The first-order valence-corrected chi connectivity index (χ1v) is 6.77. The van der Waals surface area contributed by atoms with Crippen molar-refractivity contribution in [2.75, 3.05) is 20.2 Å². The van der Waals surface area contributed by atoms with E-state index < -0.39 is 24.2 Å². The fourth-order valence-corrected chi connectivity index (χ4v) is 2.33. The molecule has 0 unspecified atom stereocenters. The number of hydrogen-bond donors (Lipinski definition) is 0. The molecule has 5 nitrogen and oxygen atoms in total. The first kappa shape index (κ1) is 15.3. The second-order valence-corrected chi connectivity index (χ2v) is 5.00. The van der Waals surface area contributed by atoms with Crippen molar-refractivity contribution in [2.45, 2.75) is 19.2 Å². The molecule has 0 aliphatic carbocycles. The highest BCUT2D eigenvalue weighted by atomic mass is 19.1. The maximum absolute atomic E-state index is 13.6. The van der Waals surface area contributed by atoms with Crippen LogP contribution in [0.5, 0.6) is 0 Å². The molecular weight excluding hydrogens is 277 g/mol. The molecule has 1 aliphatic heterocycles. The Bertz CT molecular complexity index is 494. The molecule has 0 bridgehead atoms. The van der Waals surface area contributed by atoms with E-state index in [9.17, 15) is 14.0 Å². The quantitative estimate of drug-likeness (QED) is 0.802. The molecule has 1 amide bonds. The van der Waals surface area contributed by atoms with Crippen LogP contribution >= 0.6 is 0 Å². The Labute approximate surface area is 122 Å². The highest BCUT2D eigenvalue weighted by molar-refractivity contribution is 5.74. The Morgan fingerprint density at radius 2 is 2.00 bits per heavy atom. The highest BCUT2D eigenvalue weighted by Crippen LogP contribution is 2.21. The predicted molar refractivity (Wildman–Crippen MR) is 73.2 cm³/mol. The van der Waals surface area contributed by atoms with E-state index in [-0.39, 0.29) is 26.1 Å². The Kier molecular flexibility index (Phi) is 5.14. The summed E-state index contributed by atoms with van der Waals surface area (Å²) in [4.78, 5) is 24.7. The van der Waals surface area contributed by atoms with Crippen LogP contribution in [0, 0.1) is 5.92 Å². The second kappa shape index (κ2) is 7.06. The maximum atomic E-state index is 13.6. The monoisotopic (exact) mass is 295 g/mol. The van der Waals surface area contributed by atoms with Crippen LogP contribution in [-0.2, 0) is 20.9 Å². The van der Waals surface area contributed by atoms with Gasteiger partial charge in [0.25, 0.3) is 0 Å². The van der Waals surface area contributed by atoms with Gasteiger partial charge in [0.05, 0.1) is 19.6 Å². The summed E-state index contributed by atoms with van der Waals surface area (Å²) >= 11 is 0. The maximum Gasteiger partial charge on any atom is 0.410 e. The number of carbonyl (C=O) groups excluding carboxylic acids is 2. The smallest absolute Gasteiger partial charge is 0.410 e. The number of esters is 1. The summed E-state index contributed by atoms with van der Waals surface area (Å²) < 4.78 is 23.4. The van der Waals surface area contributed by atoms with Crippen LogP contribution < -0.4 is 0 Å². The zero-order valence-corrected chi connectivity index (χ0v) is 11.8.